The molecule has 2 aromatic rings. The van der Waals surface area contributed by atoms with E-state index >= 15 is 0 Å². The fraction of sp³-hybridized carbons (Fsp3) is 0.389. The van der Waals surface area contributed by atoms with E-state index in [4.69, 9.17) is 11.6 Å². The van der Waals surface area contributed by atoms with Gasteiger partial charge in [-0.2, -0.15) is 0 Å². The number of pyridine rings is 2. The molecule has 1 amide bonds. The van der Waals surface area contributed by atoms with Gasteiger partial charge >= 0.3 is 0 Å². The van der Waals surface area contributed by atoms with Crippen molar-refractivity contribution >= 4 is 17.5 Å². The number of carbonyl (C=O) groups is 1. The number of piperidine rings is 1. The second-order valence-electron chi connectivity index (χ2n) is 6.18. The second-order valence-corrected chi connectivity index (χ2v) is 6.61. The molecule has 1 aliphatic rings. The first-order chi connectivity index (χ1) is 11.7. The van der Waals surface area contributed by atoms with Crippen molar-refractivity contribution in [2.75, 3.05) is 19.6 Å². The molecule has 24 heavy (non-hydrogen) atoms. The minimum atomic E-state index is -0.143. The number of hydrogen-bond acceptors (Lipinski definition) is 4. The third-order valence-electron chi connectivity index (χ3n) is 4.24. The van der Waals surface area contributed by atoms with Crippen LogP contribution in [-0.4, -0.2) is 40.4 Å². The molecule has 1 aliphatic heterocycles. The Morgan fingerprint density at radius 1 is 1.33 bits per heavy atom. The first-order valence-electron chi connectivity index (χ1n) is 8.22. The van der Waals surface area contributed by atoms with Crippen LogP contribution in [0.15, 0.2) is 42.9 Å². The number of nitrogens with one attached hydrogen (secondary N) is 1. The van der Waals surface area contributed by atoms with Crippen molar-refractivity contribution in [3.8, 4) is 0 Å². The predicted octanol–water partition coefficient (Wildman–Crippen LogP) is 2.77. The highest BCUT2D eigenvalue weighted by molar-refractivity contribution is 6.30. The maximum absolute atomic E-state index is 12.1. The molecule has 6 heteroatoms. The van der Waals surface area contributed by atoms with Gasteiger partial charge in [0.1, 0.15) is 5.69 Å². The molecule has 0 radical (unpaired) electrons. The fourth-order valence-corrected chi connectivity index (χ4v) is 3.16. The van der Waals surface area contributed by atoms with E-state index in [0.29, 0.717) is 23.2 Å². The van der Waals surface area contributed by atoms with Crippen LogP contribution >= 0.6 is 11.6 Å². The Labute approximate surface area is 147 Å². The van der Waals surface area contributed by atoms with E-state index in [1.54, 1.807) is 18.3 Å². The van der Waals surface area contributed by atoms with E-state index in [1.807, 2.05) is 12.3 Å². The van der Waals surface area contributed by atoms with E-state index in [1.165, 1.54) is 11.8 Å². The van der Waals surface area contributed by atoms with Gasteiger partial charge < -0.3 is 5.32 Å². The van der Waals surface area contributed by atoms with Crippen LogP contribution in [0.3, 0.4) is 0 Å². The predicted molar refractivity (Wildman–Crippen MR) is 93.8 cm³/mol. The molecule has 0 bridgehead atoms. The number of likely N-dealkylation sites (tertiary alicyclic amines) is 1. The Hall–Kier alpha value is -1.98. The minimum Gasteiger partial charge on any atom is -0.350 e. The third-order valence-corrected chi connectivity index (χ3v) is 4.47. The van der Waals surface area contributed by atoms with Crippen LogP contribution in [0, 0.1) is 5.92 Å². The van der Waals surface area contributed by atoms with Crippen molar-refractivity contribution in [1.29, 1.82) is 0 Å². The fourth-order valence-electron chi connectivity index (χ4n) is 3.05. The molecule has 0 saturated carbocycles. The van der Waals surface area contributed by atoms with Gasteiger partial charge in [-0.3, -0.25) is 14.7 Å². The number of amides is 1. The molecule has 0 aliphatic carbocycles. The zero-order chi connectivity index (χ0) is 16.8. The number of nitrogens with zero attached hydrogens (tertiary/aromatic N) is 3. The van der Waals surface area contributed by atoms with Crippen LogP contribution in [0.4, 0.5) is 0 Å². The average molecular weight is 345 g/mol. The van der Waals surface area contributed by atoms with E-state index < -0.39 is 0 Å². The summed E-state index contributed by atoms with van der Waals surface area (Å²) in [4.78, 5) is 22.8. The van der Waals surface area contributed by atoms with E-state index in [-0.39, 0.29) is 5.91 Å². The first kappa shape index (κ1) is 16.9. The Morgan fingerprint density at radius 3 is 3.00 bits per heavy atom. The zero-order valence-electron chi connectivity index (χ0n) is 13.5. The van der Waals surface area contributed by atoms with Gasteiger partial charge in [0, 0.05) is 38.2 Å². The van der Waals surface area contributed by atoms with Gasteiger partial charge in [0.05, 0.1) is 5.02 Å². The largest absolute Gasteiger partial charge is 0.350 e. The van der Waals surface area contributed by atoms with Crippen molar-refractivity contribution in [2.45, 2.75) is 19.4 Å². The number of aromatic nitrogens is 2. The molecule has 3 heterocycles. The number of halogens is 1. The lowest BCUT2D eigenvalue weighted by atomic mass is 9.97. The molecule has 1 atom stereocenters. The highest BCUT2D eigenvalue weighted by atomic mass is 35.5. The highest BCUT2D eigenvalue weighted by Gasteiger charge is 2.21. The summed E-state index contributed by atoms with van der Waals surface area (Å²) in [5.74, 6) is 0.322. The first-order valence-corrected chi connectivity index (χ1v) is 8.59. The molecule has 0 spiro atoms. The molecule has 1 fully saturated rings. The van der Waals surface area contributed by atoms with Crippen LogP contribution in [0.25, 0.3) is 0 Å². The van der Waals surface area contributed by atoms with Gasteiger partial charge in [0.15, 0.2) is 0 Å². The number of carbonyl (C=O) groups excluding carboxylic acids is 1. The van der Waals surface area contributed by atoms with Gasteiger partial charge in [0.2, 0.25) is 0 Å². The molecule has 0 aromatic carbocycles. The highest BCUT2D eigenvalue weighted by Crippen LogP contribution is 2.18. The van der Waals surface area contributed by atoms with Crippen molar-refractivity contribution in [1.82, 2.24) is 20.2 Å². The smallest absolute Gasteiger partial charge is 0.269 e. The molecule has 0 unspecified atom stereocenters. The molecular formula is C18H21ClN4O. The summed E-state index contributed by atoms with van der Waals surface area (Å²) in [6, 6.07) is 7.40. The third kappa shape index (κ3) is 4.76. The Balaban J connectivity index is 1.48. The molecule has 1 saturated heterocycles. The zero-order valence-corrected chi connectivity index (χ0v) is 14.2. The van der Waals surface area contributed by atoms with Crippen molar-refractivity contribution in [3.05, 3.63) is 59.1 Å². The normalized spacial score (nSPS) is 18.3. The lowest BCUT2D eigenvalue weighted by Gasteiger charge is -2.32. The summed E-state index contributed by atoms with van der Waals surface area (Å²) in [6.07, 6.45) is 7.49. The van der Waals surface area contributed by atoms with E-state index in [9.17, 15) is 4.79 Å². The van der Waals surface area contributed by atoms with E-state index in [2.05, 4.69) is 26.3 Å². The van der Waals surface area contributed by atoms with Crippen LogP contribution in [-0.2, 0) is 6.54 Å². The lowest BCUT2D eigenvalue weighted by molar-refractivity contribution is 0.0925. The van der Waals surface area contributed by atoms with Crippen LogP contribution in [0.5, 0.6) is 0 Å². The molecule has 2 aromatic heterocycles. The van der Waals surface area contributed by atoms with Gasteiger partial charge in [-0.1, -0.05) is 17.7 Å². The Morgan fingerprint density at radius 2 is 2.25 bits per heavy atom. The van der Waals surface area contributed by atoms with Gasteiger partial charge in [0.25, 0.3) is 5.91 Å². The summed E-state index contributed by atoms with van der Waals surface area (Å²) >= 11 is 5.79. The molecule has 1 N–H and O–H groups in total. The van der Waals surface area contributed by atoms with Gasteiger partial charge in [-0.05, 0) is 49.1 Å². The summed E-state index contributed by atoms with van der Waals surface area (Å²) in [5.41, 5.74) is 1.63. The summed E-state index contributed by atoms with van der Waals surface area (Å²) in [5, 5.41) is 3.52. The summed E-state index contributed by atoms with van der Waals surface area (Å²) < 4.78 is 0. The SMILES string of the molecule is O=C(NC[C@H]1CCCN(Cc2cccnc2)C1)c1ccc(Cl)cn1. The topological polar surface area (TPSA) is 58.1 Å². The monoisotopic (exact) mass is 344 g/mol. The standard InChI is InChI=1S/C18H21ClN4O/c19-16-5-6-17(21-11-16)18(24)22-10-15-4-2-8-23(13-15)12-14-3-1-7-20-9-14/h1,3,5-7,9,11,15H,2,4,8,10,12-13H2,(H,22,24)/t15-/m1/s1. The van der Waals surface area contributed by atoms with Gasteiger partial charge in [-0.15, -0.1) is 0 Å². The Bertz CT molecular complexity index is 662. The maximum atomic E-state index is 12.1. The van der Waals surface area contributed by atoms with Crippen molar-refractivity contribution < 1.29 is 4.79 Å². The molecular weight excluding hydrogens is 324 g/mol. The average Bonchev–Trinajstić information content (AvgIpc) is 2.61. The lowest BCUT2D eigenvalue weighted by Crippen LogP contribution is -2.40. The summed E-state index contributed by atoms with van der Waals surface area (Å²) in [6.45, 7) is 3.67. The van der Waals surface area contributed by atoms with Crippen LogP contribution in [0.2, 0.25) is 5.02 Å². The molecule has 126 valence electrons. The summed E-state index contributed by atoms with van der Waals surface area (Å²) in [7, 11) is 0. The van der Waals surface area contributed by atoms with Crippen molar-refractivity contribution in [2.24, 2.45) is 5.92 Å². The molecule has 5 nitrogen and oxygen atoms in total. The van der Waals surface area contributed by atoms with Crippen LogP contribution < -0.4 is 5.32 Å². The minimum absolute atomic E-state index is 0.143. The van der Waals surface area contributed by atoms with Crippen molar-refractivity contribution in [3.63, 3.8) is 0 Å². The van der Waals surface area contributed by atoms with E-state index in [0.717, 1.165) is 32.5 Å². The van der Waals surface area contributed by atoms with Gasteiger partial charge in [-0.25, -0.2) is 4.98 Å². The number of rotatable bonds is 5. The Kier molecular flexibility index (Phi) is 5.77. The molecule has 3 rings (SSSR count). The number of hydrogen-bond donors (Lipinski definition) is 1. The maximum Gasteiger partial charge on any atom is 0.269 e. The second kappa shape index (κ2) is 8.22. The van der Waals surface area contributed by atoms with Crippen LogP contribution in [0.1, 0.15) is 28.9 Å². The quantitative estimate of drug-likeness (QED) is 0.906.